The molecule has 3 rings (SSSR count). The van der Waals surface area contributed by atoms with Gasteiger partial charge in [-0.2, -0.15) is 0 Å². The number of hydrogen-bond donors (Lipinski definition) is 0. The second-order valence-electron chi connectivity index (χ2n) is 6.50. The fraction of sp³-hybridized carbons (Fsp3) is 0.333. The molecule has 6 heteroatoms. The molecule has 1 saturated heterocycles. The Balaban J connectivity index is 1.64. The van der Waals surface area contributed by atoms with Crippen LogP contribution in [-0.4, -0.2) is 43.9 Å². The normalized spacial score (nSPS) is 14.7. The first-order valence-electron chi connectivity index (χ1n) is 8.84. The summed E-state index contributed by atoms with van der Waals surface area (Å²) >= 11 is 5.97. The van der Waals surface area contributed by atoms with Crippen LogP contribution in [0.4, 0.5) is 0 Å². The van der Waals surface area contributed by atoms with Crippen molar-refractivity contribution in [3.8, 4) is 11.5 Å². The number of carbonyl (C=O) groups is 2. The van der Waals surface area contributed by atoms with Crippen LogP contribution in [0.1, 0.15) is 33.6 Å². The zero-order valence-electron chi connectivity index (χ0n) is 15.4. The van der Waals surface area contributed by atoms with Gasteiger partial charge in [-0.3, -0.25) is 9.59 Å². The summed E-state index contributed by atoms with van der Waals surface area (Å²) in [5, 5.41) is 0.521. The number of halogens is 1. The van der Waals surface area contributed by atoms with E-state index in [1.165, 1.54) is 7.11 Å². The van der Waals surface area contributed by atoms with Crippen LogP contribution in [-0.2, 0) is 0 Å². The molecule has 27 heavy (non-hydrogen) atoms. The third kappa shape index (κ3) is 4.25. The number of nitrogens with zero attached hydrogens (tertiary/aromatic N) is 1. The fourth-order valence-corrected chi connectivity index (χ4v) is 3.51. The molecule has 1 heterocycles. The monoisotopic (exact) mass is 387 g/mol. The Morgan fingerprint density at radius 1 is 1.00 bits per heavy atom. The zero-order valence-corrected chi connectivity index (χ0v) is 16.2. The number of amides is 1. The second-order valence-corrected chi connectivity index (χ2v) is 6.94. The summed E-state index contributed by atoms with van der Waals surface area (Å²) in [6, 6.07) is 12.1. The van der Waals surface area contributed by atoms with Gasteiger partial charge in [0.1, 0.15) is 11.5 Å². The predicted octanol–water partition coefficient (Wildman–Crippen LogP) is 4.09. The molecule has 1 fully saturated rings. The Hall–Kier alpha value is -2.53. The van der Waals surface area contributed by atoms with Gasteiger partial charge in [0.15, 0.2) is 5.78 Å². The summed E-state index contributed by atoms with van der Waals surface area (Å²) in [6.07, 6.45) is 1.29. The lowest BCUT2D eigenvalue weighted by molar-refractivity contribution is 0.0647. The molecule has 0 bridgehead atoms. The number of carbonyl (C=O) groups excluding carboxylic acids is 2. The van der Waals surface area contributed by atoms with E-state index in [-0.39, 0.29) is 17.6 Å². The van der Waals surface area contributed by atoms with Crippen LogP contribution in [0.25, 0.3) is 0 Å². The number of rotatable bonds is 5. The number of ketones is 1. The van der Waals surface area contributed by atoms with Gasteiger partial charge in [0, 0.05) is 29.6 Å². The largest absolute Gasteiger partial charge is 0.497 e. The van der Waals surface area contributed by atoms with E-state index in [1.54, 1.807) is 54.5 Å². The third-order valence-electron chi connectivity index (χ3n) is 4.92. The van der Waals surface area contributed by atoms with E-state index in [0.29, 0.717) is 47.8 Å². The Bertz CT molecular complexity index is 827. The standard InChI is InChI=1S/C21H22ClNO4/c1-26-17-6-3-14(4-7-17)20(24)15-9-11-23(12-10-15)21(25)18-8-5-16(22)13-19(18)27-2/h3-8,13,15H,9-12H2,1-2H3. The van der Waals surface area contributed by atoms with Gasteiger partial charge in [0.2, 0.25) is 0 Å². The first kappa shape index (κ1) is 19.2. The molecule has 0 saturated carbocycles. The molecule has 1 aliphatic rings. The number of likely N-dealkylation sites (tertiary alicyclic amines) is 1. The van der Waals surface area contributed by atoms with E-state index < -0.39 is 0 Å². The zero-order chi connectivity index (χ0) is 19.4. The number of ether oxygens (including phenoxy) is 2. The third-order valence-corrected chi connectivity index (χ3v) is 5.16. The Kier molecular flexibility index (Phi) is 6.01. The summed E-state index contributed by atoms with van der Waals surface area (Å²) in [4.78, 5) is 27.3. The van der Waals surface area contributed by atoms with Gasteiger partial charge >= 0.3 is 0 Å². The molecular formula is C21H22ClNO4. The molecule has 0 unspecified atom stereocenters. The van der Waals surface area contributed by atoms with Crippen molar-refractivity contribution in [2.45, 2.75) is 12.8 Å². The number of Topliss-reactive ketones (excluding diaryl/α,β-unsaturated/α-hetero) is 1. The molecule has 2 aromatic carbocycles. The van der Waals surface area contributed by atoms with E-state index in [0.717, 1.165) is 5.75 Å². The number of methoxy groups -OCH3 is 2. The minimum Gasteiger partial charge on any atom is -0.497 e. The Labute approximate surface area is 163 Å². The second kappa shape index (κ2) is 8.44. The molecule has 0 radical (unpaired) electrons. The highest BCUT2D eigenvalue weighted by Gasteiger charge is 2.29. The summed E-state index contributed by atoms with van der Waals surface area (Å²) in [6.45, 7) is 1.08. The van der Waals surface area contributed by atoms with Crippen molar-refractivity contribution in [1.82, 2.24) is 4.90 Å². The van der Waals surface area contributed by atoms with Gasteiger partial charge in [-0.1, -0.05) is 11.6 Å². The van der Waals surface area contributed by atoms with Crippen LogP contribution >= 0.6 is 11.6 Å². The van der Waals surface area contributed by atoms with E-state index >= 15 is 0 Å². The summed E-state index contributed by atoms with van der Waals surface area (Å²) in [5.74, 6) is 1.13. The Morgan fingerprint density at radius 2 is 1.67 bits per heavy atom. The highest BCUT2D eigenvalue weighted by atomic mass is 35.5. The Morgan fingerprint density at radius 3 is 2.26 bits per heavy atom. The van der Waals surface area contributed by atoms with Crippen molar-refractivity contribution in [1.29, 1.82) is 0 Å². The molecule has 0 aliphatic carbocycles. The van der Waals surface area contributed by atoms with Gasteiger partial charge in [-0.05, 0) is 55.3 Å². The topological polar surface area (TPSA) is 55.8 Å². The van der Waals surface area contributed by atoms with Crippen molar-refractivity contribution in [3.63, 3.8) is 0 Å². The van der Waals surface area contributed by atoms with Gasteiger partial charge in [-0.25, -0.2) is 0 Å². The lowest BCUT2D eigenvalue weighted by Crippen LogP contribution is -2.40. The van der Waals surface area contributed by atoms with E-state index in [2.05, 4.69) is 0 Å². The van der Waals surface area contributed by atoms with Crippen LogP contribution in [0.5, 0.6) is 11.5 Å². The maximum absolute atomic E-state index is 12.8. The number of hydrogen-bond acceptors (Lipinski definition) is 4. The van der Waals surface area contributed by atoms with Crippen LogP contribution in [0.2, 0.25) is 5.02 Å². The molecular weight excluding hydrogens is 366 g/mol. The summed E-state index contributed by atoms with van der Waals surface area (Å²) in [5.41, 5.74) is 1.17. The smallest absolute Gasteiger partial charge is 0.257 e. The van der Waals surface area contributed by atoms with Gasteiger partial charge in [0.25, 0.3) is 5.91 Å². The van der Waals surface area contributed by atoms with Crippen molar-refractivity contribution < 1.29 is 19.1 Å². The highest BCUT2D eigenvalue weighted by Crippen LogP contribution is 2.28. The molecule has 2 aromatic rings. The van der Waals surface area contributed by atoms with Gasteiger partial charge < -0.3 is 14.4 Å². The predicted molar refractivity (Wildman–Crippen MR) is 104 cm³/mol. The number of piperidine rings is 1. The lowest BCUT2D eigenvalue weighted by Gasteiger charge is -2.31. The molecule has 1 amide bonds. The van der Waals surface area contributed by atoms with E-state index in [1.807, 2.05) is 0 Å². The minimum absolute atomic E-state index is 0.0745. The average Bonchev–Trinajstić information content (AvgIpc) is 2.72. The minimum atomic E-state index is -0.0983. The molecule has 142 valence electrons. The molecule has 0 N–H and O–H groups in total. The quantitative estimate of drug-likeness (QED) is 0.725. The molecule has 0 atom stereocenters. The van der Waals surface area contributed by atoms with E-state index in [9.17, 15) is 9.59 Å². The van der Waals surface area contributed by atoms with Gasteiger partial charge in [-0.15, -0.1) is 0 Å². The lowest BCUT2D eigenvalue weighted by atomic mass is 9.88. The highest BCUT2D eigenvalue weighted by molar-refractivity contribution is 6.30. The molecule has 5 nitrogen and oxygen atoms in total. The van der Waals surface area contributed by atoms with Crippen LogP contribution < -0.4 is 9.47 Å². The molecule has 0 aromatic heterocycles. The van der Waals surface area contributed by atoms with Gasteiger partial charge in [0.05, 0.1) is 19.8 Å². The first-order valence-corrected chi connectivity index (χ1v) is 9.22. The van der Waals surface area contributed by atoms with Crippen molar-refractivity contribution in [2.24, 2.45) is 5.92 Å². The molecule has 0 spiro atoms. The van der Waals surface area contributed by atoms with Crippen LogP contribution in [0.3, 0.4) is 0 Å². The van der Waals surface area contributed by atoms with Crippen LogP contribution in [0.15, 0.2) is 42.5 Å². The summed E-state index contributed by atoms with van der Waals surface area (Å²) in [7, 11) is 3.11. The van der Waals surface area contributed by atoms with Crippen molar-refractivity contribution >= 4 is 23.3 Å². The van der Waals surface area contributed by atoms with E-state index in [4.69, 9.17) is 21.1 Å². The maximum atomic E-state index is 12.8. The maximum Gasteiger partial charge on any atom is 0.257 e. The summed E-state index contributed by atoms with van der Waals surface area (Å²) < 4.78 is 10.4. The fourth-order valence-electron chi connectivity index (χ4n) is 3.35. The average molecular weight is 388 g/mol. The first-order chi connectivity index (χ1) is 13.0. The number of benzene rings is 2. The molecule has 1 aliphatic heterocycles. The SMILES string of the molecule is COc1ccc(C(=O)C2CCN(C(=O)c3ccc(Cl)cc3OC)CC2)cc1. The van der Waals surface area contributed by atoms with Crippen molar-refractivity contribution in [3.05, 3.63) is 58.6 Å². The van der Waals surface area contributed by atoms with Crippen molar-refractivity contribution in [2.75, 3.05) is 27.3 Å². The van der Waals surface area contributed by atoms with Crippen LogP contribution in [0, 0.1) is 5.92 Å².